The molecule has 2 rings (SSSR count). The Morgan fingerprint density at radius 1 is 1.50 bits per heavy atom. The van der Waals surface area contributed by atoms with Crippen molar-refractivity contribution in [2.24, 2.45) is 0 Å². The van der Waals surface area contributed by atoms with Gasteiger partial charge in [-0.25, -0.2) is 4.98 Å². The Kier molecular flexibility index (Phi) is 2.52. The van der Waals surface area contributed by atoms with Crippen molar-refractivity contribution in [3.63, 3.8) is 0 Å². The van der Waals surface area contributed by atoms with Gasteiger partial charge in [-0.1, -0.05) is 12.1 Å². The van der Waals surface area contributed by atoms with Gasteiger partial charge >= 0.3 is 0 Å². The highest BCUT2D eigenvalue weighted by Crippen LogP contribution is 2.22. The monoisotopic (exact) mass is 211 g/mol. The molecule has 0 bridgehead atoms. The Balaban J connectivity index is 2.54. The summed E-state index contributed by atoms with van der Waals surface area (Å²) in [5.74, 6) is 0.269. The van der Waals surface area contributed by atoms with Gasteiger partial charge in [0.25, 0.3) is 0 Å². The number of rotatable bonds is 2. The Morgan fingerprint density at radius 2 is 2.31 bits per heavy atom. The Bertz CT molecular complexity index is 578. The highest BCUT2D eigenvalue weighted by molar-refractivity contribution is 5.79. The van der Waals surface area contributed by atoms with Crippen LogP contribution in [0.3, 0.4) is 0 Å². The highest BCUT2D eigenvalue weighted by Gasteiger charge is 2.06. The summed E-state index contributed by atoms with van der Waals surface area (Å²) in [6.45, 7) is 1.94. The third-order valence-corrected chi connectivity index (χ3v) is 2.37. The number of hydrogen-bond acceptors (Lipinski definition) is 3. The average molecular weight is 211 g/mol. The van der Waals surface area contributed by atoms with Gasteiger partial charge in [-0.05, 0) is 18.6 Å². The molecule has 0 aliphatic rings. The molecule has 78 valence electrons. The summed E-state index contributed by atoms with van der Waals surface area (Å²) in [7, 11) is 0. The van der Waals surface area contributed by atoms with Crippen molar-refractivity contribution < 1.29 is 4.79 Å². The molecule has 16 heavy (non-hydrogen) atoms. The normalized spacial score (nSPS) is 9.75. The van der Waals surface area contributed by atoms with E-state index in [0.29, 0.717) is 5.56 Å². The van der Waals surface area contributed by atoms with Crippen molar-refractivity contribution >= 4 is 6.29 Å². The van der Waals surface area contributed by atoms with Crippen LogP contribution in [0.25, 0.3) is 11.3 Å². The molecule has 0 atom stereocenters. The maximum atomic E-state index is 10.7. The molecular weight excluding hydrogens is 202 g/mol. The molecule has 0 amide bonds. The minimum absolute atomic E-state index is 0.269. The number of carbonyl (C=O) groups is 1. The van der Waals surface area contributed by atoms with Gasteiger partial charge in [-0.3, -0.25) is 4.79 Å². The average Bonchev–Trinajstić information content (AvgIpc) is 2.78. The Labute approximate surface area is 92.6 Å². The van der Waals surface area contributed by atoms with E-state index in [9.17, 15) is 4.79 Å². The van der Waals surface area contributed by atoms with Gasteiger partial charge < -0.3 is 4.98 Å². The zero-order valence-corrected chi connectivity index (χ0v) is 8.69. The standard InChI is InChI=1S/C12H9N3O/c1-8-2-3-9(7-16)4-10(8)11-6-14-12(5-13)15-11/h2-4,6-7H,1H3,(H,14,15). The lowest BCUT2D eigenvalue weighted by molar-refractivity contribution is 0.112. The zero-order chi connectivity index (χ0) is 11.5. The lowest BCUT2D eigenvalue weighted by Crippen LogP contribution is -1.87. The summed E-state index contributed by atoms with van der Waals surface area (Å²) in [4.78, 5) is 17.5. The van der Waals surface area contributed by atoms with E-state index in [1.165, 1.54) is 0 Å². The van der Waals surface area contributed by atoms with Gasteiger partial charge in [0.15, 0.2) is 0 Å². The van der Waals surface area contributed by atoms with Crippen molar-refractivity contribution in [3.05, 3.63) is 41.3 Å². The van der Waals surface area contributed by atoms with E-state index in [4.69, 9.17) is 5.26 Å². The fraction of sp³-hybridized carbons (Fsp3) is 0.0833. The minimum Gasteiger partial charge on any atom is -0.329 e. The van der Waals surface area contributed by atoms with Crippen LogP contribution in [0.2, 0.25) is 0 Å². The molecule has 4 heteroatoms. The van der Waals surface area contributed by atoms with E-state index in [-0.39, 0.29) is 5.82 Å². The Morgan fingerprint density at radius 3 is 2.94 bits per heavy atom. The number of benzene rings is 1. The first kappa shape index (κ1) is 10.1. The van der Waals surface area contributed by atoms with Crippen LogP contribution in [0.5, 0.6) is 0 Å². The van der Waals surface area contributed by atoms with Gasteiger partial charge in [-0.15, -0.1) is 0 Å². The van der Waals surface area contributed by atoms with Crippen LogP contribution in [-0.2, 0) is 0 Å². The predicted octanol–water partition coefficient (Wildman–Crippen LogP) is 2.07. The minimum atomic E-state index is 0.269. The first-order valence-corrected chi connectivity index (χ1v) is 4.76. The molecule has 0 unspecified atom stereocenters. The van der Waals surface area contributed by atoms with Crippen molar-refractivity contribution in [1.29, 1.82) is 5.26 Å². The number of nitriles is 1. The maximum Gasteiger partial charge on any atom is 0.210 e. The second-order valence-corrected chi connectivity index (χ2v) is 3.45. The van der Waals surface area contributed by atoms with Crippen molar-refractivity contribution in [2.75, 3.05) is 0 Å². The fourth-order valence-electron chi connectivity index (χ4n) is 1.52. The van der Waals surface area contributed by atoms with Crippen molar-refractivity contribution in [2.45, 2.75) is 6.92 Å². The van der Waals surface area contributed by atoms with Crippen LogP contribution < -0.4 is 0 Å². The molecule has 4 nitrogen and oxygen atoms in total. The molecule has 0 saturated heterocycles. The molecule has 1 aromatic carbocycles. The predicted molar refractivity (Wildman–Crippen MR) is 58.9 cm³/mol. The van der Waals surface area contributed by atoms with Crippen LogP contribution >= 0.6 is 0 Å². The van der Waals surface area contributed by atoms with Crippen LogP contribution in [0, 0.1) is 18.3 Å². The van der Waals surface area contributed by atoms with Crippen LogP contribution in [0.4, 0.5) is 0 Å². The van der Waals surface area contributed by atoms with E-state index in [0.717, 1.165) is 23.1 Å². The molecule has 0 saturated carbocycles. The van der Waals surface area contributed by atoms with Gasteiger partial charge in [0.2, 0.25) is 5.82 Å². The lowest BCUT2D eigenvalue weighted by atomic mass is 10.0. The number of imidazole rings is 1. The lowest BCUT2D eigenvalue weighted by Gasteiger charge is -2.03. The number of aromatic nitrogens is 2. The van der Waals surface area contributed by atoms with Gasteiger partial charge in [0, 0.05) is 11.1 Å². The molecule has 0 aliphatic heterocycles. The Hall–Kier alpha value is -2.41. The third-order valence-electron chi connectivity index (χ3n) is 2.37. The van der Waals surface area contributed by atoms with Crippen molar-refractivity contribution in [1.82, 2.24) is 9.97 Å². The highest BCUT2D eigenvalue weighted by atomic mass is 16.1. The SMILES string of the molecule is Cc1ccc(C=O)cc1-c1cnc(C#N)[nH]1. The molecule has 1 aromatic heterocycles. The summed E-state index contributed by atoms with van der Waals surface area (Å²) in [5, 5.41) is 8.67. The number of hydrogen-bond donors (Lipinski definition) is 1. The smallest absolute Gasteiger partial charge is 0.210 e. The fourth-order valence-corrected chi connectivity index (χ4v) is 1.52. The number of aryl methyl sites for hydroxylation is 1. The molecule has 1 heterocycles. The first-order chi connectivity index (χ1) is 7.74. The largest absolute Gasteiger partial charge is 0.329 e. The third kappa shape index (κ3) is 1.71. The molecule has 0 aliphatic carbocycles. The molecule has 0 fully saturated rings. The number of aldehydes is 1. The van der Waals surface area contributed by atoms with Gasteiger partial charge in [0.1, 0.15) is 12.4 Å². The number of nitrogens with one attached hydrogen (secondary N) is 1. The van der Waals surface area contributed by atoms with Crippen LogP contribution in [0.1, 0.15) is 21.7 Å². The number of carbonyl (C=O) groups excluding carboxylic acids is 1. The number of aromatic amines is 1. The number of H-pyrrole nitrogens is 1. The van der Waals surface area contributed by atoms with E-state index in [1.54, 1.807) is 18.3 Å². The summed E-state index contributed by atoms with van der Waals surface area (Å²) >= 11 is 0. The second-order valence-electron chi connectivity index (χ2n) is 3.45. The van der Waals surface area contributed by atoms with Crippen LogP contribution in [-0.4, -0.2) is 16.3 Å². The van der Waals surface area contributed by atoms with Gasteiger partial charge in [0.05, 0.1) is 11.9 Å². The maximum absolute atomic E-state index is 10.7. The molecular formula is C12H9N3O. The topological polar surface area (TPSA) is 69.5 Å². The summed E-state index contributed by atoms with van der Waals surface area (Å²) in [5.41, 5.74) is 3.27. The van der Waals surface area contributed by atoms with Crippen molar-refractivity contribution in [3.8, 4) is 17.3 Å². The number of nitrogens with zero attached hydrogens (tertiary/aromatic N) is 2. The molecule has 0 radical (unpaired) electrons. The van der Waals surface area contributed by atoms with Gasteiger partial charge in [-0.2, -0.15) is 5.26 Å². The van der Waals surface area contributed by atoms with Crippen LogP contribution in [0.15, 0.2) is 24.4 Å². The molecule has 2 aromatic rings. The van der Waals surface area contributed by atoms with E-state index in [2.05, 4.69) is 9.97 Å². The molecule has 1 N–H and O–H groups in total. The summed E-state index contributed by atoms with van der Waals surface area (Å²) in [6, 6.07) is 7.33. The zero-order valence-electron chi connectivity index (χ0n) is 8.69. The van der Waals surface area contributed by atoms with E-state index in [1.807, 2.05) is 19.1 Å². The molecule has 0 spiro atoms. The first-order valence-electron chi connectivity index (χ1n) is 4.76. The quantitative estimate of drug-likeness (QED) is 0.773. The van der Waals surface area contributed by atoms with E-state index >= 15 is 0 Å². The summed E-state index contributed by atoms with van der Waals surface area (Å²) < 4.78 is 0. The van der Waals surface area contributed by atoms with E-state index < -0.39 is 0 Å². The second kappa shape index (κ2) is 3.99. The summed E-state index contributed by atoms with van der Waals surface area (Å²) in [6.07, 6.45) is 2.39.